The summed E-state index contributed by atoms with van der Waals surface area (Å²) in [5, 5.41) is 45.6. The molecule has 1 aliphatic heterocycles. The molecule has 1 aromatic rings. The van der Waals surface area contributed by atoms with Gasteiger partial charge in [-0.3, -0.25) is 24.2 Å². The van der Waals surface area contributed by atoms with Gasteiger partial charge in [-0.15, -0.1) is 0 Å². The fraction of sp³-hybridized carbons (Fsp3) is 0.567. The van der Waals surface area contributed by atoms with Crippen molar-refractivity contribution in [2.24, 2.45) is 23.5 Å². The second-order valence-corrected chi connectivity index (χ2v) is 12.9. The van der Waals surface area contributed by atoms with Crippen LogP contribution < -0.4 is 5.73 Å². The van der Waals surface area contributed by atoms with Crippen LogP contribution in [0.25, 0.3) is 0 Å². The van der Waals surface area contributed by atoms with Crippen molar-refractivity contribution in [2.45, 2.75) is 63.6 Å². The zero-order chi connectivity index (χ0) is 30.1. The Hall–Kier alpha value is -2.92. The summed E-state index contributed by atoms with van der Waals surface area (Å²) in [7, 11) is 3.20. The third-order valence-electron chi connectivity index (χ3n) is 9.40. The van der Waals surface area contributed by atoms with Gasteiger partial charge in [-0.25, -0.2) is 0 Å². The van der Waals surface area contributed by atoms with E-state index in [1.54, 1.807) is 14.1 Å². The molecular formula is C30H38ClN3O7. The summed E-state index contributed by atoms with van der Waals surface area (Å²) in [6, 6.07) is 0.483. The van der Waals surface area contributed by atoms with Crippen molar-refractivity contribution in [3.05, 3.63) is 50.4 Å². The molecule has 5 atom stereocenters. The Bertz CT molecular complexity index is 1400. The molecule has 0 aromatic heterocycles. The molecule has 41 heavy (non-hydrogen) atoms. The molecule has 0 saturated carbocycles. The monoisotopic (exact) mass is 587 g/mol. The van der Waals surface area contributed by atoms with E-state index in [1.807, 2.05) is 0 Å². The Morgan fingerprint density at radius 2 is 1.93 bits per heavy atom. The minimum Gasteiger partial charge on any atom is -0.510 e. The van der Waals surface area contributed by atoms with Gasteiger partial charge in [-0.2, -0.15) is 0 Å². The SMILES string of the molecule is CC(C)CCN1CCCC1c1cc(O)c2c(c1Cl)C[C@H]1C[C@H]3[C@H](N(C)C)C(O)=C(C(N)=O)C(=O)[C@@]3(O)C(O)=C1C2=O. The molecule has 4 aliphatic rings. The van der Waals surface area contributed by atoms with Crippen LogP contribution in [-0.4, -0.2) is 86.5 Å². The van der Waals surface area contributed by atoms with Gasteiger partial charge in [0.25, 0.3) is 5.91 Å². The first kappa shape index (κ1) is 29.6. The predicted octanol–water partition coefficient (Wildman–Crippen LogP) is 2.96. The number of halogens is 1. The van der Waals surface area contributed by atoms with Gasteiger partial charge >= 0.3 is 0 Å². The number of aliphatic hydroxyl groups excluding tert-OH is 2. The van der Waals surface area contributed by atoms with E-state index in [0.29, 0.717) is 16.5 Å². The number of likely N-dealkylation sites (N-methyl/N-ethyl adjacent to an activating group) is 1. The number of benzene rings is 1. The van der Waals surface area contributed by atoms with Gasteiger partial charge < -0.3 is 26.2 Å². The minimum absolute atomic E-state index is 0.00210. The Balaban J connectivity index is 1.61. The number of hydrogen-bond acceptors (Lipinski definition) is 9. The van der Waals surface area contributed by atoms with Gasteiger partial charge in [-0.05, 0) is 88.3 Å². The molecule has 5 rings (SSSR count). The van der Waals surface area contributed by atoms with E-state index in [4.69, 9.17) is 17.3 Å². The normalized spacial score (nSPS) is 30.2. The molecule has 3 aliphatic carbocycles. The molecule has 1 heterocycles. The number of phenolic OH excluding ortho intramolecular Hbond substituents is 1. The number of aromatic hydroxyl groups is 1. The number of aliphatic hydroxyl groups is 3. The molecule has 0 radical (unpaired) electrons. The van der Waals surface area contributed by atoms with Crippen molar-refractivity contribution < 1.29 is 34.8 Å². The summed E-state index contributed by atoms with van der Waals surface area (Å²) >= 11 is 7.00. The van der Waals surface area contributed by atoms with Gasteiger partial charge in [-0.1, -0.05) is 25.4 Å². The standard InChI is InChI=1S/C30H38ClN3O7/c1-13(2)7-9-34-8-5-6-18(34)15-12-19(35)21-16(23(15)31)10-14-11-17-24(33(3)4)26(37)22(29(32)40)28(39)30(17,41)27(38)20(14)25(21)36/h12-14,17-18,24,35,37-38,41H,5-11H2,1-4H3,(H2,32,40)/t14-,17-,18?,24-,30-/m0/s1. The van der Waals surface area contributed by atoms with E-state index >= 15 is 0 Å². The maximum absolute atomic E-state index is 13.9. The molecule has 222 valence electrons. The average Bonchev–Trinajstić information content (AvgIpc) is 3.35. The Morgan fingerprint density at radius 3 is 2.54 bits per heavy atom. The minimum atomic E-state index is -2.66. The van der Waals surface area contributed by atoms with E-state index in [2.05, 4.69) is 18.7 Å². The lowest BCUT2D eigenvalue weighted by molar-refractivity contribution is -0.148. The first-order chi connectivity index (χ1) is 19.2. The number of rotatable bonds is 6. The molecular weight excluding hydrogens is 550 g/mol. The molecule has 0 bridgehead atoms. The highest BCUT2D eigenvalue weighted by Gasteiger charge is 2.63. The van der Waals surface area contributed by atoms with E-state index in [9.17, 15) is 34.8 Å². The maximum atomic E-state index is 13.9. The topological polar surface area (TPSA) is 165 Å². The Morgan fingerprint density at radius 1 is 1.24 bits per heavy atom. The first-order valence-corrected chi connectivity index (χ1v) is 14.5. The van der Waals surface area contributed by atoms with E-state index in [1.165, 1.54) is 11.0 Å². The largest absolute Gasteiger partial charge is 0.510 e. The van der Waals surface area contributed by atoms with Crippen molar-refractivity contribution in [3.8, 4) is 5.75 Å². The highest BCUT2D eigenvalue weighted by Crippen LogP contribution is 2.54. The number of phenols is 1. The molecule has 1 amide bonds. The number of amides is 1. The van der Waals surface area contributed by atoms with Crippen LogP contribution in [0.5, 0.6) is 5.75 Å². The van der Waals surface area contributed by atoms with Gasteiger partial charge in [0, 0.05) is 22.6 Å². The zero-order valence-electron chi connectivity index (χ0n) is 23.8. The van der Waals surface area contributed by atoms with E-state index in [0.717, 1.165) is 37.9 Å². The van der Waals surface area contributed by atoms with Crippen LogP contribution in [0, 0.1) is 17.8 Å². The second kappa shape index (κ2) is 10.4. The highest BCUT2D eigenvalue weighted by molar-refractivity contribution is 6.33. The number of allylic oxidation sites excluding steroid dienone is 1. The number of likely N-dealkylation sites (tertiary alicyclic amines) is 1. The third-order valence-corrected chi connectivity index (χ3v) is 9.85. The molecule has 11 heteroatoms. The molecule has 6 N–H and O–H groups in total. The van der Waals surface area contributed by atoms with Crippen molar-refractivity contribution >= 4 is 29.1 Å². The van der Waals surface area contributed by atoms with Crippen LogP contribution in [0.3, 0.4) is 0 Å². The predicted molar refractivity (Wildman–Crippen MR) is 152 cm³/mol. The number of ketones is 2. The number of Topliss-reactive ketones (excluding diaryl/α,β-unsaturated/α-hetero) is 2. The number of fused-ring (bicyclic) bond motifs is 3. The number of nitrogens with zero attached hydrogens (tertiary/aromatic N) is 2. The van der Waals surface area contributed by atoms with Gasteiger partial charge in [0.05, 0.1) is 11.6 Å². The third kappa shape index (κ3) is 4.38. The van der Waals surface area contributed by atoms with Crippen LogP contribution in [0.1, 0.15) is 67.1 Å². The number of carbonyl (C=O) groups is 3. The number of primary amides is 1. The van der Waals surface area contributed by atoms with Crippen LogP contribution >= 0.6 is 11.6 Å². The van der Waals surface area contributed by atoms with Crippen molar-refractivity contribution in [2.75, 3.05) is 27.2 Å². The average molecular weight is 588 g/mol. The molecule has 1 aromatic carbocycles. The van der Waals surface area contributed by atoms with Crippen molar-refractivity contribution in [1.29, 1.82) is 0 Å². The summed E-state index contributed by atoms with van der Waals surface area (Å²) < 4.78 is 0. The maximum Gasteiger partial charge on any atom is 0.255 e. The lowest BCUT2D eigenvalue weighted by Gasteiger charge is -2.50. The van der Waals surface area contributed by atoms with Crippen LogP contribution in [-0.2, 0) is 16.0 Å². The molecule has 1 saturated heterocycles. The van der Waals surface area contributed by atoms with Gasteiger partial charge in [0.1, 0.15) is 22.8 Å². The first-order valence-electron chi connectivity index (χ1n) is 14.1. The Labute approximate surface area is 244 Å². The number of nitrogens with two attached hydrogens (primary N) is 1. The molecule has 0 spiro atoms. The van der Waals surface area contributed by atoms with Crippen LogP contribution in [0.4, 0.5) is 0 Å². The lowest BCUT2D eigenvalue weighted by Crippen LogP contribution is -2.63. The highest BCUT2D eigenvalue weighted by atomic mass is 35.5. The summed E-state index contributed by atoms with van der Waals surface area (Å²) in [4.78, 5) is 43.3. The van der Waals surface area contributed by atoms with Crippen molar-refractivity contribution in [1.82, 2.24) is 9.80 Å². The van der Waals surface area contributed by atoms with Crippen molar-refractivity contribution in [3.63, 3.8) is 0 Å². The fourth-order valence-corrected chi connectivity index (χ4v) is 7.78. The smallest absolute Gasteiger partial charge is 0.255 e. The quantitative estimate of drug-likeness (QED) is 0.315. The molecule has 1 fully saturated rings. The molecule has 10 nitrogen and oxygen atoms in total. The second-order valence-electron chi connectivity index (χ2n) is 12.5. The summed E-state index contributed by atoms with van der Waals surface area (Å²) in [5.41, 5.74) is 2.86. The van der Waals surface area contributed by atoms with Gasteiger partial charge in [0.2, 0.25) is 5.78 Å². The summed E-state index contributed by atoms with van der Waals surface area (Å²) in [5.74, 6) is -6.19. The summed E-state index contributed by atoms with van der Waals surface area (Å²) in [6.45, 7) is 6.15. The van der Waals surface area contributed by atoms with Crippen LogP contribution in [0.2, 0.25) is 5.02 Å². The van der Waals surface area contributed by atoms with E-state index in [-0.39, 0.29) is 35.8 Å². The van der Waals surface area contributed by atoms with E-state index < -0.39 is 58.0 Å². The zero-order valence-corrected chi connectivity index (χ0v) is 24.5. The summed E-state index contributed by atoms with van der Waals surface area (Å²) in [6.07, 6.45) is 3.08. The number of carbonyl (C=O) groups excluding carboxylic acids is 3. The molecule has 1 unspecified atom stereocenters. The van der Waals surface area contributed by atoms with Gasteiger partial charge in [0.15, 0.2) is 11.4 Å². The Kier molecular flexibility index (Phi) is 7.51. The fourth-order valence-electron chi connectivity index (χ4n) is 7.43. The number of hydrogen-bond donors (Lipinski definition) is 5. The van der Waals surface area contributed by atoms with Crippen LogP contribution in [0.15, 0.2) is 28.7 Å². The lowest BCUT2D eigenvalue weighted by atomic mass is 9.58.